The lowest BCUT2D eigenvalue weighted by Crippen LogP contribution is -2.00. The van der Waals surface area contributed by atoms with Gasteiger partial charge >= 0.3 is 0 Å². The van der Waals surface area contributed by atoms with Gasteiger partial charge in [-0.2, -0.15) is 5.26 Å². The molecule has 0 unspecified atom stereocenters. The largest absolute Gasteiger partial charge is 0.495 e. The molecular weight excluding hydrogens is 339 g/mol. The van der Waals surface area contributed by atoms with E-state index in [1.54, 1.807) is 18.2 Å². The molecule has 2 N–H and O–H groups in total. The van der Waals surface area contributed by atoms with E-state index in [4.69, 9.17) is 20.5 Å². The molecule has 0 heterocycles. The quantitative estimate of drug-likeness (QED) is 0.854. The summed E-state index contributed by atoms with van der Waals surface area (Å²) in [6.07, 6.45) is 0. The zero-order valence-electron chi connectivity index (χ0n) is 11.2. The molecule has 0 atom stereocenters. The highest BCUT2D eigenvalue weighted by Gasteiger charge is 2.09. The Morgan fingerprint density at radius 2 is 2.05 bits per heavy atom. The number of halogens is 2. The number of hydrogen-bond acceptors (Lipinski definition) is 4. The van der Waals surface area contributed by atoms with Gasteiger partial charge in [0, 0.05) is 6.07 Å². The van der Waals surface area contributed by atoms with Crippen molar-refractivity contribution < 1.29 is 13.9 Å². The fraction of sp³-hybridized carbons (Fsp3) is 0.133. The molecule has 2 rings (SSSR count). The van der Waals surface area contributed by atoms with Crippen LogP contribution in [0.5, 0.6) is 11.5 Å². The summed E-state index contributed by atoms with van der Waals surface area (Å²) in [5.41, 5.74) is 7.33. The maximum Gasteiger partial charge on any atom is 0.145 e. The highest BCUT2D eigenvalue weighted by Crippen LogP contribution is 2.29. The minimum Gasteiger partial charge on any atom is -0.495 e. The monoisotopic (exact) mass is 350 g/mol. The maximum atomic E-state index is 13.5. The number of nitrogens with zero attached hydrogens (tertiary/aromatic N) is 1. The predicted octanol–water partition coefficient (Wildman–Crippen LogP) is 3.63. The number of nitrogens with two attached hydrogens (primary N) is 1. The highest BCUT2D eigenvalue weighted by molar-refractivity contribution is 9.10. The van der Waals surface area contributed by atoms with Crippen LogP contribution in [-0.4, -0.2) is 7.11 Å². The van der Waals surface area contributed by atoms with E-state index in [9.17, 15) is 4.39 Å². The van der Waals surface area contributed by atoms with Crippen LogP contribution >= 0.6 is 15.9 Å². The molecule has 0 aliphatic heterocycles. The predicted molar refractivity (Wildman–Crippen MR) is 80.6 cm³/mol. The second-order valence-corrected chi connectivity index (χ2v) is 5.09. The lowest BCUT2D eigenvalue weighted by Gasteiger charge is -2.11. The lowest BCUT2D eigenvalue weighted by molar-refractivity contribution is 0.305. The van der Waals surface area contributed by atoms with E-state index in [1.165, 1.54) is 19.2 Å². The third-order valence-corrected chi connectivity index (χ3v) is 3.44. The van der Waals surface area contributed by atoms with Crippen LogP contribution in [0.15, 0.2) is 34.8 Å². The molecule has 2 aromatic carbocycles. The first-order chi connectivity index (χ1) is 10.0. The average molecular weight is 351 g/mol. The topological polar surface area (TPSA) is 68.3 Å². The van der Waals surface area contributed by atoms with Gasteiger partial charge < -0.3 is 15.2 Å². The van der Waals surface area contributed by atoms with Gasteiger partial charge in [0.2, 0.25) is 0 Å². The third-order valence-electron chi connectivity index (χ3n) is 2.83. The molecule has 0 aliphatic carbocycles. The van der Waals surface area contributed by atoms with E-state index in [1.807, 2.05) is 6.07 Å². The van der Waals surface area contributed by atoms with Gasteiger partial charge in [0.15, 0.2) is 0 Å². The number of hydrogen-bond donors (Lipinski definition) is 1. The molecular formula is C15H12BrFN2O2. The second-order valence-electron chi connectivity index (χ2n) is 4.24. The molecule has 0 radical (unpaired) electrons. The van der Waals surface area contributed by atoms with Crippen molar-refractivity contribution in [1.29, 1.82) is 5.26 Å². The lowest BCUT2D eigenvalue weighted by atomic mass is 10.1. The molecule has 0 saturated carbocycles. The van der Waals surface area contributed by atoms with Crippen molar-refractivity contribution in [2.24, 2.45) is 0 Å². The molecule has 0 bridgehead atoms. The Bertz CT molecular complexity index is 714. The standard InChI is InChI=1S/C15H12BrFN2O2/c1-20-14-4-9(2-3-10(14)7-18)8-21-15-6-12(17)11(16)5-13(15)19/h2-6H,8,19H2,1H3. The molecule has 0 fully saturated rings. The summed E-state index contributed by atoms with van der Waals surface area (Å²) in [4.78, 5) is 0. The zero-order valence-corrected chi connectivity index (χ0v) is 12.8. The van der Waals surface area contributed by atoms with Crippen molar-refractivity contribution in [3.63, 3.8) is 0 Å². The van der Waals surface area contributed by atoms with Gasteiger partial charge in [0.25, 0.3) is 0 Å². The van der Waals surface area contributed by atoms with Gasteiger partial charge in [-0.05, 0) is 39.7 Å². The molecule has 0 aliphatic rings. The third kappa shape index (κ3) is 3.44. The Morgan fingerprint density at radius 1 is 1.29 bits per heavy atom. The molecule has 0 amide bonds. The number of nitrogen functional groups attached to an aromatic ring is 1. The van der Waals surface area contributed by atoms with E-state index in [0.29, 0.717) is 17.0 Å². The van der Waals surface area contributed by atoms with Crippen LogP contribution in [0.4, 0.5) is 10.1 Å². The van der Waals surface area contributed by atoms with E-state index >= 15 is 0 Å². The van der Waals surface area contributed by atoms with Gasteiger partial charge in [0.1, 0.15) is 30.0 Å². The average Bonchev–Trinajstić information content (AvgIpc) is 2.49. The summed E-state index contributed by atoms with van der Waals surface area (Å²) >= 11 is 3.05. The molecule has 4 nitrogen and oxygen atoms in total. The van der Waals surface area contributed by atoms with E-state index in [0.717, 1.165) is 5.56 Å². The van der Waals surface area contributed by atoms with Crippen molar-refractivity contribution in [3.05, 3.63) is 51.7 Å². The van der Waals surface area contributed by atoms with Crippen LogP contribution < -0.4 is 15.2 Å². The molecule has 2 aromatic rings. The molecule has 0 saturated heterocycles. The van der Waals surface area contributed by atoms with Gasteiger partial charge in [0.05, 0.1) is 22.8 Å². The number of anilines is 1. The number of rotatable bonds is 4. The van der Waals surface area contributed by atoms with Crippen molar-refractivity contribution >= 4 is 21.6 Å². The Kier molecular flexibility index (Phi) is 4.66. The van der Waals surface area contributed by atoms with Gasteiger partial charge in [-0.25, -0.2) is 4.39 Å². The summed E-state index contributed by atoms with van der Waals surface area (Å²) in [6.45, 7) is 0.188. The minimum atomic E-state index is -0.448. The SMILES string of the molecule is COc1cc(COc2cc(F)c(Br)cc2N)ccc1C#N. The van der Waals surface area contributed by atoms with Crippen LogP contribution in [-0.2, 0) is 6.61 Å². The first kappa shape index (κ1) is 15.1. The summed E-state index contributed by atoms with van der Waals surface area (Å²) in [7, 11) is 1.49. The van der Waals surface area contributed by atoms with Crippen LogP contribution in [0.2, 0.25) is 0 Å². The minimum absolute atomic E-state index is 0.188. The zero-order chi connectivity index (χ0) is 15.4. The summed E-state index contributed by atoms with van der Waals surface area (Å²) in [6, 6.07) is 9.78. The Morgan fingerprint density at radius 3 is 2.71 bits per heavy atom. The van der Waals surface area contributed by atoms with Crippen LogP contribution in [0.3, 0.4) is 0 Å². The Balaban J connectivity index is 2.17. The van der Waals surface area contributed by atoms with Crippen LogP contribution in [0.25, 0.3) is 0 Å². The smallest absolute Gasteiger partial charge is 0.145 e. The summed E-state index contributed by atoms with van der Waals surface area (Å²) < 4.78 is 24.4. The first-order valence-corrected chi connectivity index (χ1v) is 6.78. The van der Waals surface area contributed by atoms with Crippen molar-refractivity contribution in [3.8, 4) is 17.6 Å². The molecule has 0 spiro atoms. The summed E-state index contributed by atoms with van der Waals surface area (Å²) in [5.74, 6) is 0.282. The van der Waals surface area contributed by atoms with E-state index < -0.39 is 5.82 Å². The van der Waals surface area contributed by atoms with Crippen LogP contribution in [0, 0.1) is 17.1 Å². The maximum absolute atomic E-state index is 13.5. The summed E-state index contributed by atoms with van der Waals surface area (Å²) in [5, 5.41) is 8.92. The second kappa shape index (κ2) is 6.46. The van der Waals surface area contributed by atoms with E-state index in [2.05, 4.69) is 15.9 Å². The number of nitriles is 1. The number of benzene rings is 2. The molecule has 0 aromatic heterocycles. The Hall–Kier alpha value is -2.26. The fourth-order valence-corrected chi connectivity index (χ4v) is 2.11. The van der Waals surface area contributed by atoms with Gasteiger partial charge in [-0.15, -0.1) is 0 Å². The van der Waals surface area contributed by atoms with Crippen molar-refractivity contribution in [1.82, 2.24) is 0 Å². The Labute approximate surface area is 130 Å². The van der Waals surface area contributed by atoms with Gasteiger partial charge in [-0.3, -0.25) is 0 Å². The normalized spacial score (nSPS) is 10.0. The number of methoxy groups -OCH3 is 1. The molecule has 108 valence electrons. The number of ether oxygens (including phenoxy) is 2. The molecule has 6 heteroatoms. The van der Waals surface area contributed by atoms with Crippen molar-refractivity contribution in [2.45, 2.75) is 6.61 Å². The van der Waals surface area contributed by atoms with Crippen molar-refractivity contribution in [2.75, 3.05) is 12.8 Å². The highest BCUT2D eigenvalue weighted by atomic mass is 79.9. The first-order valence-electron chi connectivity index (χ1n) is 5.99. The fourth-order valence-electron chi connectivity index (χ4n) is 1.75. The van der Waals surface area contributed by atoms with Crippen LogP contribution in [0.1, 0.15) is 11.1 Å². The molecule has 21 heavy (non-hydrogen) atoms. The van der Waals surface area contributed by atoms with Gasteiger partial charge in [-0.1, -0.05) is 6.07 Å². The van der Waals surface area contributed by atoms with E-state index in [-0.39, 0.29) is 16.8 Å².